The first-order valence-electron chi connectivity index (χ1n) is 4.60. The summed E-state index contributed by atoms with van der Waals surface area (Å²) in [6.07, 6.45) is 4.68. The van der Waals surface area contributed by atoms with Gasteiger partial charge in [0.1, 0.15) is 11.3 Å². The largest absolute Gasteiger partial charge is 0.437 e. The van der Waals surface area contributed by atoms with E-state index in [1.165, 1.54) is 12.4 Å². The SMILES string of the molecule is NC(=O)c1cccnc1Oc1cccnc1. The third kappa shape index (κ3) is 2.14. The van der Waals surface area contributed by atoms with E-state index in [-0.39, 0.29) is 11.4 Å². The predicted molar refractivity (Wildman–Crippen MR) is 57.1 cm³/mol. The summed E-state index contributed by atoms with van der Waals surface area (Å²) in [5.41, 5.74) is 5.44. The molecule has 0 atom stereocenters. The highest BCUT2D eigenvalue weighted by Gasteiger charge is 2.10. The minimum absolute atomic E-state index is 0.183. The van der Waals surface area contributed by atoms with Gasteiger partial charge in [0.05, 0.1) is 6.20 Å². The van der Waals surface area contributed by atoms with Crippen molar-refractivity contribution in [3.05, 3.63) is 48.4 Å². The van der Waals surface area contributed by atoms with E-state index < -0.39 is 5.91 Å². The van der Waals surface area contributed by atoms with Crippen molar-refractivity contribution >= 4 is 5.91 Å². The van der Waals surface area contributed by atoms with E-state index in [0.717, 1.165) is 0 Å². The molecule has 0 spiro atoms. The van der Waals surface area contributed by atoms with Gasteiger partial charge in [-0.3, -0.25) is 9.78 Å². The Morgan fingerprint density at radius 3 is 2.75 bits per heavy atom. The molecule has 2 aromatic rings. The molecule has 1 amide bonds. The first kappa shape index (κ1) is 10.1. The summed E-state index contributed by atoms with van der Waals surface area (Å²) in [6, 6.07) is 6.62. The molecule has 2 aromatic heterocycles. The van der Waals surface area contributed by atoms with Crippen LogP contribution < -0.4 is 10.5 Å². The summed E-state index contributed by atoms with van der Waals surface area (Å²) >= 11 is 0. The summed E-state index contributed by atoms with van der Waals surface area (Å²) in [4.78, 5) is 18.9. The fourth-order valence-electron chi connectivity index (χ4n) is 1.18. The molecule has 0 unspecified atom stereocenters. The van der Waals surface area contributed by atoms with E-state index in [1.54, 1.807) is 30.5 Å². The number of hydrogen-bond acceptors (Lipinski definition) is 4. The van der Waals surface area contributed by atoms with Gasteiger partial charge in [-0.15, -0.1) is 0 Å². The molecule has 2 N–H and O–H groups in total. The number of nitrogens with two attached hydrogens (primary N) is 1. The fourth-order valence-corrected chi connectivity index (χ4v) is 1.18. The number of nitrogens with zero attached hydrogens (tertiary/aromatic N) is 2. The van der Waals surface area contributed by atoms with Crippen molar-refractivity contribution in [1.82, 2.24) is 9.97 Å². The average Bonchev–Trinajstić information content (AvgIpc) is 2.31. The van der Waals surface area contributed by atoms with Crippen molar-refractivity contribution in [2.24, 2.45) is 5.73 Å². The minimum atomic E-state index is -0.577. The highest BCUT2D eigenvalue weighted by atomic mass is 16.5. The number of ether oxygens (including phenoxy) is 1. The number of hydrogen-bond donors (Lipinski definition) is 1. The molecule has 0 aliphatic carbocycles. The first-order valence-corrected chi connectivity index (χ1v) is 4.60. The Kier molecular flexibility index (Phi) is 2.77. The highest BCUT2D eigenvalue weighted by Crippen LogP contribution is 2.21. The lowest BCUT2D eigenvalue weighted by Crippen LogP contribution is -2.12. The first-order chi connectivity index (χ1) is 7.77. The highest BCUT2D eigenvalue weighted by molar-refractivity contribution is 5.95. The molecule has 5 nitrogen and oxygen atoms in total. The Labute approximate surface area is 91.9 Å². The van der Waals surface area contributed by atoms with E-state index in [4.69, 9.17) is 10.5 Å². The molecule has 0 saturated heterocycles. The summed E-state index contributed by atoms with van der Waals surface area (Å²) in [5.74, 6) is 0.110. The molecular formula is C11H9N3O2. The fraction of sp³-hybridized carbons (Fsp3) is 0. The zero-order chi connectivity index (χ0) is 11.4. The summed E-state index contributed by atoms with van der Waals surface area (Å²) in [7, 11) is 0. The van der Waals surface area contributed by atoms with Gasteiger partial charge in [0, 0.05) is 12.4 Å². The van der Waals surface area contributed by atoms with Crippen LogP contribution in [0.15, 0.2) is 42.9 Å². The maximum atomic E-state index is 11.1. The molecule has 0 radical (unpaired) electrons. The number of pyridine rings is 2. The Balaban J connectivity index is 2.31. The number of amides is 1. The number of rotatable bonds is 3. The third-order valence-electron chi connectivity index (χ3n) is 1.89. The van der Waals surface area contributed by atoms with Gasteiger partial charge in [-0.25, -0.2) is 4.98 Å². The summed E-state index contributed by atoms with van der Waals surface area (Å²) in [5, 5.41) is 0. The smallest absolute Gasteiger partial charge is 0.254 e. The van der Waals surface area contributed by atoms with Crippen molar-refractivity contribution in [2.75, 3.05) is 0 Å². The van der Waals surface area contributed by atoms with Crippen molar-refractivity contribution < 1.29 is 9.53 Å². The van der Waals surface area contributed by atoms with E-state index in [9.17, 15) is 4.79 Å². The molecular weight excluding hydrogens is 206 g/mol. The second-order valence-corrected chi connectivity index (χ2v) is 3.01. The Hall–Kier alpha value is -2.43. The molecule has 16 heavy (non-hydrogen) atoms. The van der Waals surface area contributed by atoms with Crippen LogP contribution in [0, 0.1) is 0 Å². The van der Waals surface area contributed by atoms with Crippen LogP contribution in [0.3, 0.4) is 0 Å². The van der Waals surface area contributed by atoms with Crippen LogP contribution in [-0.2, 0) is 0 Å². The van der Waals surface area contributed by atoms with Crippen LogP contribution in [0.1, 0.15) is 10.4 Å². The van der Waals surface area contributed by atoms with Crippen LogP contribution in [0.25, 0.3) is 0 Å². The monoisotopic (exact) mass is 215 g/mol. The standard InChI is InChI=1S/C11H9N3O2/c12-10(15)9-4-2-6-14-11(9)16-8-3-1-5-13-7-8/h1-7H,(H2,12,15). The number of carbonyl (C=O) groups excluding carboxylic acids is 1. The molecule has 0 aliphatic rings. The minimum Gasteiger partial charge on any atom is -0.437 e. The van der Waals surface area contributed by atoms with Crippen molar-refractivity contribution in [2.45, 2.75) is 0 Å². The van der Waals surface area contributed by atoms with Crippen LogP contribution >= 0.6 is 0 Å². The zero-order valence-corrected chi connectivity index (χ0v) is 8.33. The van der Waals surface area contributed by atoms with Crippen LogP contribution in [0.4, 0.5) is 0 Å². The molecule has 2 heterocycles. The molecule has 5 heteroatoms. The number of carbonyl (C=O) groups is 1. The quantitative estimate of drug-likeness (QED) is 0.838. The normalized spacial score (nSPS) is 9.75. The lowest BCUT2D eigenvalue weighted by atomic mass is 10.2. The average molecular weight is 215 g/mol. The lowest BCUT2D eigenvalue weighted by molar-refractivity contribution is 0.0997. The van der Waals surface area contributed by atoms with E-state index in [0.29, 0.717) is 5.75 Å². The molecule has 0 aromatic carbocycles. The van der Waals surface area contributed by atoms with Gasteiger partial charge >= 0.3 is 0 Å². The van der Waals surface area contributed by atoms with Crippen LogP contribution in [0.5, 0.6) is 11.6 Å². The van der Waals surface area contributed by atoms with Crippen molar-refractivity contribution in [1.29, 1.82) is 0 Å². The van der Waals surface area contributed by atoms with Gasteiger partial charge in [-0.05, 0) is 24.3 Å². The van der Waals surface area contributed by atoms with Gasteiger partial charge in [0.25, 0.3) is 5.91 Å². The second kappa shape index (κ2) is 4.39. The van der Waals surface area contributed by atoms with E-state index in [2.05, 4.69) is 9.97 Å². The molecule has 0 aliphatic heterocycles. The maximum absolute atomic E-state index is 11.1. The van der Waals surface area contributed by atoms with E-state index in [1.807, 2.05) is 0 Å². The third-order valence-corrected chi connectivity index (χ3v) is 1.89. The van der Waals surface area contributed by atoms with Crippen molar-refractivity contribution in [3.63, 3.8) is 0 Å². The molecule has 80 valence electrons. The van der Waals surface area contributed by atoms with Crippen LogP contribution in [-0.4, -0.2) is 15.9 Å². The lowest BCUT2D eigenvalue weighted by Gasteiger charge is -2.06. The van der Waals surface area contributed by atoms with Gasteiger partial charge in [0.2, 0.25) is 5.88 Å². The molecule has 0 fully saturated rings. The number of primary amides is 1. The van der Waals surface area contributed by atoms with Gasteiger partial charge in [-0.1, -0.05) is 0 Å². The van der Waals surface area contributed by atoms with Gasteiger partial charge < -0.3 is 10.5 Å². The Morgan fingerprint density at radius 2 is 2.06 bits per heavy atom. The summed E-state index contributed by atoms with van der Waals surface area (Å²) < 4.78 is 5.40. The predicted octanol–water partition coefficient (Wildman–Crippen LogP) is 1.37. The topological polar surface area (TPSA) is 78.1 Å². The second-order valence-electron chi connectivity index (χ2n) is 3.01. The maximum Gasteiger partial charge on any atom is 0.254 e. The number of aromatic nitrogens is 2. The van der Waals surface area contributed by atoms with E-state index >= 15 is 0 Å². The van der Waals surface area contributed by atoms with Crippen LogP contribution in [0.2, 0.25) is 0 Å². The molecule has 0 saturated carbocycles. The Morgan fingerprint density at radius 1 is 1.25 bits per heavy atom. The zero-order valence-electron chi connectivity index (χ0n) is 8.33. The van der Waals surface area contributed by atoms with Gasteiger partial charge in [0.15, 0.2) is 0 Å². The van der Waals surface area contributed by atoms with Gasteiger partial charge in [-0.2, -0.15) is 0 Å². The molecule has 2 rings (SSSR count). The molecule has 0 bridgehead atoms. The Bertz CT molecular complexity index is 500. The summed E-state index contributed by atoms with van der Waals surface area (Å²) in [6.45, 7) is 0. The van der Waals surface area contributed by atoms with Crippen molar-refractivity contribution in [3.8, 4) is 11.6 Å².